The third-order valence-corrected chi connectivity index (χ3v) is 5.29. The second kappa shape index (κ2) is 8.24. The number of hydrogen-bond donors (Lipinski definition) is 0. The minimum absolute atomic E-state index is 0.117. The number of carbonyl (C=O) groups is 3. The third-order valence-electron chi connectivity index (χ3n) is 4.57. The number of amides is 3. The maximum absolute atomic E-state index is 13.0. The molecule has 0 bridgehead atoms. The van der Waals surface area contributed by atoms with Gasteiger partial charge in [0.1, 0.15) is 6.54 Å². The lowest BCUT2D eigenvalue weighted by atomic mass is 10.1. The molecule has 0 fully saturated rings. The van der Waals surface area contributed by atoms with Crippen LogP contribution in [0.25, 0.3) is 0 Å². The number of hydrogen-bond acceptors (Lipinski definition) is 4. The summed E-state index contributed by atoms with van der Waals surface area (Å²) in [6.07, 6.45) is 0.117. The van der Waals surface area contributed by atoms with E-state index >= 15 is 0 Å². The zero-order chi connectivity index (χ0) is 21.3. The fourth-order valence-electron chi connectivity index (χ4n) is 3.31. The van der Waals surface area contributed by atoms with Crippen molar-refractivity contribution in [3.05, 3.63) is 62.6 Å². The van der Waals surface area contributed by atoms with Gasteiger partial charge in [-0.25, -0.2) is 0 Å². The van der Waals surface area contributed by atoms with Crippen molar-refractivity contribution in [2.24, 2.45) is 0 Å². The van der Waals surface area contributed by atoms with Crippen LogP contribution in [0.2, 0.25) is 10.0 Å². The van der Waals surface area contributed by atoms with Gasteiger partial charge in [-0.1, -0.05) is 29.3 Å². The van der Waals surface area contributed by atoms with Gasteiger partial charge in [0.2, 0.25) is 5.91 Å². The lowest BCUT2D eigenvalue weighted by Gasteiger charge is -2.25. The first-order chi connectivity index (χ1) is 13.7. The van der Waals surface area contributed by atoms with Crippen molar-refractivity contribution in [2.45, 2.75) is 20.3 Å². The van der Waals surface area contributed by atoms with Gasteiger partial charge in [0.05, 0.1) is 33.7 Å². The van der Waals surface area contributed by atoms with Gasteiger partial charge in [-0.15, -0.1) is 0 Å². The highest BCUT2D eigenvalue weighted by molar-refractivity contribution is 6.43. The second-order valence-corrected chi connectivity index (χ2v) is 7.62. The Hall–Kier alpha value is -2.88. The van der Waals surface area contributed by atoms with Crippen LogP contribution in [0.4, 0.5) is 5.69 Å². The van der Waals surface area contributed by atoms with Crippen LogP contribution in [-0.2, 0) is 4.79 Å². The minimum atomic E-state index is -0.599. The lowest BCUT2D eigenvalue weighted by molar-refractivity contribution is -0.118. The zero-order valence-electron chi connectivity index (χ0n) is 15.8. The van der Waals surface area contributed by atoms with Gasteiger partial charge in [-0.05, 0) is 49.2 Å². The molecule has 2 aromatic rings. The molecule has 0 saturated heterocycles. The summed E-state index contributed by atoms with van der Waals surface area (Å²) in [6.45, 7) is 3.52. The first kappa shape index (κ1) is 20.8. The van der Waals surface area contributed by atoms with Gasteiger partial charge in [-0.2, -0.15) is 5.26 Å². The molecular weight excluding hydrogens is 413 g/mol. The average Bonchev–Trinajstić information content (AvgIpc) is 2.86. The van der Waals surface area contributed by atoms with Crippen molar-refractivity contribution in [3.8, 4) is 6.07 Å². The molecule has 0 spiro atoms. The Kier molecular flexibility index (Phi) is 5.92. The number of benzene rings is 2. The molecule has 29 heavy (non-hydrogen) atoms. The van der Waals surface area contributed by atoms with E-state index < -0.39 is 24.3 Å². The fraction of sp³-hybridized carbons (Fsp3) is 0.238. The molecule has 1 aliphatic rings. The topological polar surface area (TPSA) is 81.5 Å². The predicted octanol–water partition coefficient (Wildman–Crippen LogP) is 4.15. The van der Waals surface area contributed by atoms with E-state index in [0.29, 0.717) is 5.69 Å². The van der Waals surface area contributed by atoms with Crippen LogP contribution >= 0.6 is 23.2 Å². The van der Waals surface area contributed by atoms with Crippen LogP contribution in [0, 0.1) is 25.2 Å². The first-order valence-electron chi connectivity index (χ1n) is 8.83. The predicted molar refractivity (Wildman–Crippen MR) is 110 cm³/mol. The molecule has 0 atom stereocenters. The van der Waals surface area contributed by atoms with Gasteiger partial charge in [-0.3, -0.25) is 19.3 Å². The summed E-state index contributed by atoms with van der Waals surface area (Å²) in [4.78, 5) is 40.7. The van der Waals surface area contributed by atoms with E-state index in [9.17, 15) is 14.4 Å². The van der Waals surface area contributed by atoms with Crippen LogP contribution in [0.15, 0.2) is 30.3 Å². The zero-order valence-corrected chi connectivity index (χ0v) is 17.3. The first-order valence-corrected chi connectivity index (χ1v) is 9.59. The SMILES string of the molecule is Cc1cc(C)cc(N(CCC#N)C(=O)CN2C(=O)c3cc(Cl)c(Cl)cc3C2=O)c1. The molecular formula is C21H17Cl2N3O3. The van der Waals surface area contributed by atoms with Gasteiger partial charge in [0, 0.05) is 12.2 Å². The number of aryl methyl sites for hydroxylation is 2. The highest BCUT2D eigenvalue weighted by atomic mass is 35.5. The molecule has 0 unspecified atom stereocenters. The molecule has 8 heteroatoms. The number of nitrogens with zero attached hydrogens (tertiary/aromatic N) is 3. The molecule has 3 rings (SSSR count). The van der Waals surface area contributed by atoms with E-state index in [-0.39, 0.29) is 34.1 Å². The fourth-order valence-corrected chi connectivity index (χ4v) is 3.64. The minimum Gasteiger partial charge on any atom is -0.310 e. The van der Waals surface area contributed by atoms with Gasteiger partial charge < -0.3 is 4.90 Å². The molecule has 3 amide bonds. The molecule has 1 aliphatic heterocycles. The summed E-state index contributed by atoms with van der Waals surface area (Å²) < 4.78 is 0. The van der Waals surface area contributed by atoms with Crippen molar-refractivity contribution in [3.63, 3.8) is 0 Å². The van der Waals surface area contributed by atoms with E-state index in [2.05, 4.69) is 0 Å². The summed E-state index contributed by atoms with van der Waals surface area (Å²) in [7, 11) is 0. The van der Waals surface area contributed by atoms with Gasteiger partial charge >= 0.3 is 0 Å². The van der Waals surface area contributed by atoms with Crippen LogP contribution in [0.1, 0.15) is 38.3 Å². The summed E-state index contributed by atoms with van der Waals surface area (Å²) in [5, 5.41) is 9.28. The van der Waals surface area contributed by atoms with E-state index in [1.165, 1.54) is 17.0 Å². The standard InChI is InChI=1S/C21H17Cl2N3O3/c1-12-6-13(2)8-14(7-12)25(5-3-4-24)19(27)11-26-20(28)15-9-17(22)18(23)10-16(15)21(26)29/h6-10H,3,5,11H2,1-2H3. The van der Waals surface area contributed by atoms with Gasteiger partial charge in [0.15, 0.2) is 0 Å². The largest absolute Gasteiger partial charge is 0.310 e. The van der Waals surface area contributed by atoms with Crippen LogP contribution < -0.4 is 4.90 Å². The van der Waals surface area contributed by atoms with Crippen molar-refractivity contribution < 1.29 is 14.4 Å². The third kappa shape index (κ3) is 4.12. The quantitative estimate of drug-likeness (QED) is 0.668. The number of halogens is 2. The molecule has 6 nitrogen and oxygen atoms in total. The Labute approximate surface area is 178 Å². The second-order valence-electron chi connectivity index (χ2n) is 6.81. The summed E-state index contributed by atoms with van der Waals surface area (Å²) in [5.41, 5.74) is 2.77. The monoisotopic (exact) mass is 429 g/mol. The summed E-state index contributed by atoms with van der Waals surface area (Å²) >= 11 is 11.9. The molecule has 0 aliphatic carbocycles. The van der Waals surface area contributed by atoms with Crippen molar-refractivity contribution in [2.75, 3.05) is 18.0 Å². The maximum Gasteiger partial charge on any atom is 0.262 e. The number of carbonyl (C=O) groups excluding carboxylic acids is 3. The number of rotatable bonds is 5. The van der Waals surface area contributed by atoms with Gasteiger partial charge in [0.25, 0.3) is 11.8 Å². The molecule has 0 radical (unpaired) electrons. The molecule has 0 saturated carbocycles. The lowest BCUT2D eigenvalue weighted by Crippen LogP contribution is -2.43. The Balaban J connectivity index is 1.89. The van der Waals surface area contributed by atoms with E-state index in [4.69, 9.17) is 28.5 Å². The molecule has 0 aromatic heterocycles. The number of fused-ring (bicyclic) bond motifs is 1. The van der Waals surface area contributed by atoms with E-state index in [0.717, 1.165) is 16.0 Å². The summed E-state index contributed by atoms with van der Waals surface area (Å²) in [5.74, 6) is -1.66. The van der Waals surface area contributed by atoms with Crippen LogP contribution in [0.5, 0.6) is 0 Å². The highest BCUT2D eigenvalue weighted by Gasteiger charge is 2.38. The number of nitriles is 1. The smallest absolute Gasteiger partial charge is 0.262 e. The molecule has 148 valence electrons. The van der Waals surface area contributed by atoms with E-state index in [1.54, 1.807) is 0 Å². The van der Waals surface area contributed by atoms with E-state index in [1.807, 2.05) is 38.1 Å². The van der Waals surface area contributed by atoms with Crippen LogP contribution in [0.3, 0.4) is 0 Å². The normalized spacial score (nSPS) is 12.7. The number of imide groups is 1. The van der Waals surface area contributed by atoms with Crippen molar-refractivity contribution in [1.82, 2.24) is 4.90 Å². The van der Waals surface area contributed by atoms with Crippen molar-refractivity contribution in [1.29, 1.82) is 5.26 Å². The molecule has 2 aromatic carbocycles. The molecule has 1 heterocycles. The average molecular weight is 430 g/mol. The Morgan fingerprint density at radius 1 is 1.00 bits per heavy atom. The Morgan fingerprint density at radius 3 is 2.00 bits per heavy atom. The Bertz CT molecular complexity index is 1010. The number of anilines is 1. The Morgan fingerprint density at radius 2 is 1.52 bits per heavy atom. The van der Waals surface area contributed by atoms with Crippen LogP contribution in [-0.4, -0.2) is 35.7 Å². The highest BCUT2D eigenvalue weighted by Crippen LogP contribution is 2.31. The molecule has 0 N–H and O–H groups in total. The van der Waals surface area contributed by atoms with Crippen molar-refractivity contribution >= 4 is 46.6 Å². The summed E-state index contributed by atoms with van der Waals surface area (Å²) in [6, 6.07) is 10.3. The maximum atomic E-state index is 13.0.